The Morgan fingerprint density at radius 3 is 2.48 bits per heavy atom. The van der Waals surface area contributed by atoms with Gasteiger partial charge >= 0.3 is 0 Å². The Labute approximate surface area is 179 Å². The topological polar surface area (TPSA) is 57.2 Å². The average molecular weight is 494 g/mol. The second-order valence-electron chi connectivity index (χ2n) is 5.95. The van der Waals surface area contributed by atoms with Crippen molar-refractivity contribution in [2.45, 2.75) is 33.9 Å². The maximum Gasteiger partial charge on any atom is 0.242 e. The minimum absolute atomic E-state index is 0. The number of rotatable bonds is 9. The molecule has 1 N–H and O–H groups in total. The van der Waals surface area contributed by atoms with Crippen LogP contribution in [0, 0.1) is 5.82 Å². The summed E-state index contributed by atoms with van der Waals surface area (Å²) in [6.45, 7) is 8.85. The molecule has 1 aromatic carbocycles. The van der Waals surface area contributed by atoms with Gasteiger partial charge in [0.1, 0.15) is 5.82 Å². The summed E-state index contributed by atoms with van der Waals surface area (Å²) in [6, 6.07) is 4.90. The molecule has 0 saturated carbocycles. The molecule has 27 heavy (non-hydrogen) atoms. The molecule has 0 fully saturated rings. The number of hydrogen-bond acceptors (Lipinski definition) is 3. The zero-order chi connectivity index (χ0) is 19.5. The molecule has 0 radical (unpaired) electrons. The molecule has 0 atom stereocenters. The van der Waals surface area contributed by atoms with E-state index in [1.807, 2.05) is 32.7 Å². The number of methoxy groups -OCH3 is 1. The van der Waals surface area contributed by atoms with Gasteiger partial charge in [0, 0.05) is 39.4 Å². The van der Waals surface area contributed by atoms with Gasteiger partial charge in [-0.1, -0.05) is 6.07 Å². The third-order valence-corrected chi connectivity index (χ3v) is 4.01. The fourth-order valence-corrected chi connectivity index (χ4v) is 2.58. The minimum atomic E-state index is -0.284. The number of hydrogen-bond donors (Lipinski definition) is 1. The fourth-order valence-electron chi connectivity index (χ4n) is 2.58. The summed E-state index contributed by atoms with van der Waals surface area (Å²) in [7, 11) is 3.37. The summed E-state index contributed by atoms with van der Waals surface area (Å²) in [5, 5.41) is 3.19. The molecule has 0 aliphatic rings. The maximum absolute atomic E-state index is 13.7. The van der Waals surface area contributed by atoms with Crippen LogP contribution in [0.25, 0.3) is 0 Å². The standard InChI is InChI=1S/C19H31FN4O2.HI/c1-6-21-19(23(4)13-18(25)24(7-2)8-3)22-12-15-9-10-17(20)16(11-15)14-26-5;/h9-11H,6-8,12-14H2,1-5H3,(H,21,22);1H. The number of guanidine groups is 1. The Hall–Kier alpha value is -1.42. The minimum Gasteiger partial charge on any atom is -0.380 e. The van der Waals surface area contributed by atoms with Gasteiger partial charge in [-0.05, 0) is 38.5 Å². The van der Waals surface area contributed by atoms with Crippen molar-refractivity contribution in [2.24, 2.45) is 4.99 Å². The van der Waals surface area contributed by atoms with Crippen LogP contribution in [0.1, 0.15) is 31.9 Å². The molecule has 0 saturated heterocycles. The zero-order valence-corrected chi connectivity index (χ0v) is 19.2. The first-order valence-corrected chi connectivity index (χ1v) is 9.00. The van der Waals surface area contributed by atoms with E-state index >= 15 is 0 Å². The van der Waals surface area contributed by atoms with Crippen LogP contribution >= 0.6 is 24.0 Å². The van der Waals surface area contributed by atoms with Gasteiger partial charge in [0.2, 0.25) is 5.91 Å². The van der Waals surface area contributed by atoms with E-state index in [1.54, 1.807) is 17.0 Å². The van der Waals surface area contributed by atoms with Gasteiger partial charge in [-0.15, -0.1) is 24.0 Å². The summed E-state index contributed by atoms with van der Waals surface area (Å²) in [4.78, 5) is 20.5. The number of likely N-dealkylation sites (N-methyl/N-ethyl adjacent to an activating group) is 2. The molecule has 0 bridgehead atoms. The summed E-state index contributed by atoms with van der Waals surface area (Å²) in [5.74, 6) is 0.423. The van der Waals surface area contributed by atoms with E-state index in [4.69, 9.17) is 4.74 Å². The molecule has 6 nitrogen and oxygen atoms in total. The molecule has 0 aromatic heterocycles. The summed E-state index contributed by atoms with van der Waals surface area (Å²) in [5.41, 5.74) is 1.40. The highest BCUT2D eigenvalue weighted by Crippen LogP contribution is 2.12. The predicted octanol–water partition coefficient (Wildman–Crippen LogP) is 2.86. The van der Waals surface area contributed by atoms with E-state index in [-0.39, 0.29) is 48.9 Å². The van der Waals surface area contributed by atoms with Gasteiger partial charge in [-0.25, -0.2) is 9.38 Å². The van der Waals surface area contributed by atoms with Crippen molar-refractivity contribution >= 4 is 35.8 Å². The van der Waals surface area contributed by atoms with Gasteiger partial charge < -0.3 is 19.9 Å². The van der Waals surface area contributed by atoms with Crippen LogP contribution < -0.4 is 5.32 Å². The first kappa shape index (κ1) is 25.6. The largest absolute Gasteiger partial charge is 0.380 e. The molecule has 1 rings (SSSR count). The van der Waals surface area contributed by atoms with Crippen LogP contribution in [0.15, 0.2) is 23.2 Å². The molecule has 0 unspecified atom stereocenters. The van der Waals surface area contributed by atoms with Crippen molar-refractivity contribution in [1.82, 2.24) is 15.1 Å². The maximum atomic E-state index is 13.7. The Kier molecular flexibility index (Phi) is 13.0. The first-order valence-electron chi connectivity index (χ1n) is 9.00. The number of halogens is 2. The molecular weight excluding hydrogens is 462 g/mol. The van der Waals surface area contributed by atoms with E-state index < -0.39 is 0 Å². The van der Waals surface area contributed by atoms with Crippen LogP contribution in [-0.4, -0.2) is 62.0 Å². The van der Waals surface area contributed by atoms with E-state index in [2.05, 4.69) is 10.3 Å². The Balaban J connectivity index is 0.00000676. The second-order valence-corrected chi connectivity index (χ2v) is 5.95. The van der Waals surface area contributed by atoms with E-state index in [0.29, 0.717) is 37.7 Å². The van der Waals surface area contributed by atoms with E-state index in [9.17, 15) is 9.18 Å². The van der Waals surface area contributed by atoms with Gasteiger partial charge in [-0.2, -0.15) is 0 Å². The number of aliphatic imine (C=N–C) groups is 1. The lowest BCUT2D eigenvalue weighted by atomic mass is 10.1. The lowest BCUT2D eigenvalue weighted by Crippen LogP contribution is -2.45. The van der Waals surface area contributed by atoms with Gasteiger partial charge in [0.15, 0.2) is 5.96 Å². The molecule has 0 aliphatic heterocycles. The molecule has 0 spiro atoms. The van der Waals surface area contributed by atoms with Crippen LogP contribution in [0.2, 0.25) is 0 Å². The van der Waals surface area contributed by atoms with Crippen molar-refractivity contribution in [3.63, 3.8) is 0 Å². The third-order valence-electron chi connectivity index (χ3n) is 4.01. The van der Waals surface area contributed by atoms with Crippen molar-refractivity contribution < 1.29 is 13.9 Å². The number of ether oxygens (including phenoxy) is 1. The third kappa shape index (κ3) is 8.42. The monoisotopic (exact) mass is 494 g/mol. The summed E-state index contributed by atoms with van der Waals surface area (Å²) in [6.07, 6.45) is 0. The zero-order valence-electron chi connectivity index (χ0n) is 16.9. The Bertz CT molecular complexity index is 609. The number of nitrogens with one attached hydrogen (secondary N) is 1. The molecular formula is C19H32FIN4O2. The van der Waals surface area contributed by atoms with Gasteiger partial charge in [-0.3, -0.25) is 4.79 Å². The van der Waals surface area contributed by atoms with Crippen molar-refractivity contribution in [3.8, 4) is 0 Å². The van der Waals surface area contributed by atoms with Crippen LogP contribution in [-0.2, 0) is 22.7 Å². The lowest BCUT2D eigenvalue weighted by molar-refractivity contribution is -0.131. The number of nitrogens with zero attached hydrogens (tertiary/aromatic N) is 3. The van der Waals surface area contributed by atoms with Gasteiger partial charge in [0.05, 0.1) is 19.7 Å². The van der Waals surface area contributed by atoms with Crippen LogP contribution in [0.5, 0.6) is 0 Å². The normalized spacial score (nSPS) is 11.0. The Morgan fingerprint density at radius 2 is 1.93 bits per heavy atom. The summed E-state index contributed by atoms with van der Waals surface area (Å²) >= 11 is 0. The molecule has 0 heterocycles. The fraction of sp³-hybridized carbons (Fsp3) is 0.579. The van der Waals surface area contributed by atoms with Crippen molar-refractivity contribution in [3.05, 3.63) is 35.1 Å². The molecule has 1 aromatic rings. The van der Waals surface area contributed by atoms with E-state index in [1.165, 1.54) is 13.2 Å². The van der Waals surface area contributed by atoms with Crippen molar-refractivity contribution in [1.29, 1.82) is 0 Å². The molecule has 154 valence electrons. The quantitative estimate of drug-likeness (QED) is 0.326. The number of amides is 1. The number of carbonyl (C=O) groups excluding carboxylic acids is 1. The average Bonchev–Trinajstić information content (AvgIpc) is 2.62. The molecule has 8 heteroatoms. The lowest BCUT2D eigenvalue weighted by Gasteiger charge is -2.25. The van der Waals surface area contributed by atoms with Crippen molar-refractivity contribution in [2.75, 3.05) is 40.3 Å². The van der Waals surface area contributed by atoms with E-state index in [0.717, 1.165) is 5.56 Å². The highest BCUT2D eigenvalue weighted by Gasteiger charge is 2.15. The van der Waals surface area contributed by atoms with Gasteiger partial charge in [0.25, 0.3) is 0 Å². The van der Waals surface area contributed by atoms with Crippen LogP contribution in [0.4, 0.5) is 4.39 Å². The summed E-state index contributed by atoms with van der Waals surface area (Å²) < 4.78 is 18.7. The SMILES string of the molecule is CCNC(=NCc1ccc(F)c(COC)c1)N(C)CC(=O)N(CC)CC.I. The first-order chi connectivity index (χ1) is 12.5. The Morgan fingerprint density at radius 1 is 1.26 bits per heavy atom. The highest BCUT2D eigenvalue weighted by molar-refractivity contribution is 14.0. The molecule has 1 amide bonds. The van der Waals surface area contributed by atoms with Crippen LogP contribution in [0.3, 0.4) is 0 Å². The smallest absolute Gasteiger partial charge is 0.242 e. The highest BCUT2D eigenvalue weighted by atomic mass is 127. The number of carbonyl (C=O) groups is 1. The molecule has 0 aliphatic carbocycles. The predicted molar refractivity (Wildman–Crippen MR) is 118 cm³/mol. The number of benzene rings is 1. The second kappa shape index (κ2) is 13.7.